The number of rotatable bonds is 9. The zero-order valence-corrected chi connectivity index (χ0v) is 24.2. The molecule has 3 heterocycles. The van der Waals surface area contributed by atoms with E-state index in [4.69, 9.17) is 9.47 Å². The minimum atomic E-state index is 0.484. The van der Waals surface area contributed by atoms with Crippen molar-refractivity contribution in [2.45, 2.75) is 90.5 Å². The van der Waals surface area contributed by atoms with Gasteiger partial charge in [-0.3, -0.25) is 14.7 Å². The van der Waals surface area contributed by atoms with Crippen molar-refractivity contribution in [3.63, 3.8) is 0 Å². The summed E-state index contributed by atoms with van der Waals surface area (Å²) < 4.78 is 11.7. The molecule has 4 aliphatic rings. The molecule has 0 N–H and O–H groups in total. The van der Waals surface area contributed by atoms with Crippen LogP contribution in [0.1, 0.15) is 71.9 Å². The lowest BCUT2D eigenvalue weighted by Gasteiger charge is -2.49. The number of hydrogen-bond acceptors (Lipinski definition) is 5. The second-order valence-corrected chi connectivity index (χ2v) is 13.0. The molecule has 6 atom stereocenters. The van der Waals surface area contributed by atoms with E-state index >= 15 is 0 Å². The van der Waals surface area contributed by atoms with Gasteiger partial charge in [0.05, 0.1) is 13.2 Å². The van der Waals surface area contributed by atoms with Gasteiger partial charge in [0.15, 0.2) is 0 Å². The quantitative estimate of drug-likeness (QED) is 0.447. The third-order valence-corrected chi connectivity index (χ3v) is 10.2. The van der Waals surface area contributed by atoms with Gasteiger partial charge in [0, 0.05) is 63.1 Å². The molecule has 3 aliphatic heterocycles. The van der Waals surface area contributed by atoms with Gasteiger partial charge in [0.2, 0.25) is 0 Å². The number of morpholine rings is 1. The smallest absolute Gasteiger partial charge is 0.0625 e. The van der Waals surface area contributed by atoms with Crippen LogP contribution in [-0.2, 0) is 9.47 Å². The second kappa shape index (κ2) is 12.5. The number of benzene rings is 1. The maximum Gasteiger partial charge on any atom is 0.0625 e. The summed E-state index contributed by atoms with van der Waals surface area (Å²) in [6.45, 7) is 20.4. The molecule has 4 fully saturated rings. The lowest BCUT2D eigenvalue weighted by molar-refractivity contribution is -0.0407. The molecule has 1 saturated carbocycles. The van der Waals surface area contributed by atoms with Crippen LogP contribution in [0.25, 0.3) is 0 Å². The van der Waals surface area contributed by atoms with Crippen molar-refractivity contribution in [2.75, 3.05) is 52.6 Å². The van der Waals surface area contributed by atoms with E-state index in [1.807, 2.05) is 0 Å². The number of ether oxygens (including phenoxy) is 2. The molecule has 37 heavy (non-hydrogen) atoms. The van der Waals surface area contributed by atoms with E-state index < -0.39 is 0 Å². The summed E-state index contributed by atoms with van der Waals surface area (Å²) in [5, 5.41) is 0. The molecule has 0 aromatic heterocycles. The van der Waals surface area contributed by atoms with Crippen molar-refractivity contribution in [1.82, 2.24) is 14.7 Å². The topological polar surface area (TPSA) is 28.2 Å². The van der Waals surface area contributed by atoms with Gasteiger partial charge in [-0.25, -0.2) is 0 Å². The third kappa shape index (κ3) is 6.44. The molecule has 208 valence electrons. The van der Waals surface area contributed by atoms with Crippen LogP contribution in [0.2, 0.25) is 0 Å². The van der Waals surface area contributed by atoms with Crippen LogP contribution in [0.15, 0.2) is 30.3 Å². The minimum absolute atomic E-state index is 0.484. The van der Waals surface area contributed by atoms with Gasteiger partial charge in [-0.05, 0) is 89.2 Å². The second-order valence-electron chi connectivity index (χ2n) is 13.0. The van der Waals surface area contributed by atoms with E-state index in [1.165, 1.54) is 44.3 Å². The molecule has 0 spiro atoms. The van der Waals surface area contributed by atoms with Crippen LogP contribution in [-0.4, -0.2) is 91.5 Å². The van der Waals surface area contributed by atoms with Crippen LogP contribution in [0.3, 0.4) is 0 Å². The average molecular weight is 512 g/mol. The first-order valence-corrected chi connectivity index (χ1v) is 15.4. The Morgan fingerprint density at radius 3 is 2.22 bits per heavy atom. The Hall–Kier alpha value is -0.980. The zero-order chi connectivity index (χ0) is 25.9. The van der Waals surface area contributed by atoms with Crippen molar-refractivity contribution >= 4 is 0 Å². The Kier molecular flexibility index (Phi) is 9.29. The highest BCUT2D eigenvalue weighted by Gasteiger charge is 2.53. The number of piperazine rings is 1. The average Bonchev–Trinajstić information content (AvgIpc) is 3.73. The largest absolute Gasteiger partial charge is 0.381 e. The molecule has 3 saturated heterocycles. The van der Waals surface area contributed by atoms with Crippen LogP contribution < -0.4 is 0 Å². The fraction of sp³-hybridized carbons (Fsp3) is 0.812. The van der Waals surface area contributed by atoms with Crippen LogP contribution >= 0.6 is 0 Å². The summed E-state index contributed by atoms with van der Waals surface area (Å²) >= 11 is 0. The maximum absolute atomic E-state index is 6.03. The Balaban J connectivity index is 1.33. The normalized spacial score (nSPS) is 33.8. The number of nitrogens with zero attached hydrogens (tertiary/aromatic N) is 3. The van der Waals surface area contributed by atoms with Crippen molar-refractivity contribution < 1.29 is 9.47 Å². The standard InChI is InChI=1S/C32H53N3O2/c1-23(2)34-15-18-37-22-32(34)29-19-28(29)31-21-35(24(3)4)30(27-9-7-6-8-10-27)20-33(31)14-11-25(5)26-12-16-36-17-13-26/h6-10,23-26,28-32H,11-22H2,1-5H3. The molecule has 5 heteroatoms. The zero-order valence-electron chi connectivity index (χ0n) is 24.2. The van der Waals surface area contributed by atoms with Crippen LogP contribution in [0, 0.1) is 23.7 Å². The van der Waals surface area contributed by atoms with Gasteiger partial charge in [-0.15, -0.1) is 0 Å². The fourth-order valence-corrected chi connectivity index (χ4v) is 7.78. The highest BCUT2D eigenvalue weighted by atomic mass is 16.5. The van der Waals surface area contributed by atoms with E-state index in [0.717, 1.165) is 63.2 Å². The van der Waals surface area contributed by atoms with Gasteiger partial charge in [0.25, 0.3) is 0 Å². The Labute approximate surface area is 226 Å². The molecule has 1 aromatic carbocycles. The van der Waals surface area contributed by atoms with Gasteiger partial charge in [-0.2, -0.15) is 0 Å². The molecular weight excluding hydrogens is 458 g/mol. The summed E-state index contributed by atoms with van der Waals surface area (Å²) in [5.41, 5.74) is 1.48. The lowest BCUT2D eigenvalue weighted by Crippen LogP contribution is -2.58. The molecule has 5 rings (SSSR count). The first-order chi connectivity index (χ1) is 17.9. The Morgan fingerprint density at radius 1 is 0.811 bits per heavy atom. The van der Waals surface area contributed by atoms with Gasteiger partial charge < -0.3 is 9.47 Å². The predicted octanol–water partition coefficient (Wildman–Crippen LogP) is 5.32. The lowest BCUT2D eigenvalue weighted by atomic mass is 9.84. The monoisotopic (exact) mass is 511 g/mol. The van der Waals surface area contributed by atoms with Crippen molar-refractivity contribution in [3.05, 3.63) is 35.9 Å². The number of hydrogen-bond donors (Lipinski definition) is 0. The maximum atomic E-state index is 6.03. The third-order valence-electron chi connectivity index (χ3n) is 10.2. The van der Waals surface area contributed by atoms with E-state index in [2.05, 4.69) is 79.7 Å². The molecule has 1 aromatic rings. The van der Waals surface area contributed by atoms with Gasteiger partial charge >= 0.3 is 0 Å². The molecule has 6 unspecified atom stereocenters. The summed E-state index contributed by atoms with van der Waals surface area (Å²) in [4.78, 5) is 8.48. The predicted molar refractivity (Wildman–Crippen MR) is 152 cm³/mol. The van der Waals surface area contributed by atoms with Crippen molar-refractivity contribution in [3.8, 4) is 0 Å². The van der Waals surface area contributed by atoms with Crippen molar-refractivity contribution in [1.29, 1.82) is 0 Å². The van der Waals surface area contributed by atoms with Gasteiger partial charge in [0.1, 0.15) is 0 Å². The van der Waals surface area contributed by atoms with E-state index in [9.17, 15) is 0 Å². The summed E-state index contributed by atoms with van der Waals surface area (Å²) in [5.74, 6) is 3.19. The van der Waals surface area contributed by atoms with Crippen LogP contribution in [0.4, 0.5) is 0 Å². The van der Waals surface area contributed by atoms with Gasteiger partial charge in [-0.1, -0.05) is 37.3 Å². The van der Waals surface area contributed by atoms with E-state index in [-0.39, 0.29) is 0 Å². The first-order valence-electron chi connectivity index (χ1n) is 15.4. The minimum Gasteiger partial charge on any atom is -0.381 e. The fourth-order valence-electron chi connectivity index (χ4n) is 7.78. The Morgan fingerprint density at radius 2 is 1.51 bits per heavy atom. The summed E-state index contributed by atoms with van der Waals surface area (Å²) in [7, 11) is 0. The molecule has 1 aliphatic carbocycles. The highest BCUT2D eigenvalue weighted by Crippen LogP contribution is 2.50. The Bertz CT molecular complexity index is 827. The van der Waals surface area contributed by atoms with E-state index in [0.29, 0.717) is 30.2 Å². The molecule has 0 radical (unpaired) electrons. The molecule has 0 bridgehead atoms. The molecule has 0 amide bonds. The highest BCUT2D eigenvalue weighted by molar-refractivity contribution is 5.21. The van der Waals surface area contributed by atoms with Crippen molar-refractivity contribution in [2.24, 2.45) is 23.7 Å². The van der Waals surface area contributed by atoms with E-state index in [1.54, 1.807) is 0 Å². The van der Waals surface area contributed by atoms with Crippen LogP contribution in [0.5, 0.6) is 0 Å². The summed E-state index contributed by atoms with van der Waals surface area (Å²) in [6, 6.07) is 14.2. The summed E-state index contributed by atoms with van der Waals surface area (Å²) in [6.07, 6.45) is 5.17. The SMILES string of the molecule is CC(CCN1CC(c2ccccc2)N(C(C)C)CC1C1CC1C1COCCN1C(C)C)C1CCOCC1. The molecule has 5 nitrogen and oxygen atoms in total. The first kappa shape index (κ1) is 27.6. The molecular formula is C32H53N3O2.